The first-order valence-electron chi connectivity index (χ1n) is 7.23. The van der Waals surface area contributed by atoms with Gasteiger partial charge in [0.2, 0.25) is 0 Å². The molecule has 0 saturated heterocycles. The lowest BCUT2D eigenvalue weighted by atomic mass is 10.2. The van der Waals surface area contributed by atoms with E-state index < -0.39 is 5.91 Å². The molecule has 0 aliphatic heterocycles. The second-order valence-electron chi connectivity index (χ2n) is 5.07. The molecule has 7 heteroatoms. The van der Waals surface area contributed by atoms with Gasteiger partial charge in [-0.1, -0.05) is 35.3 Å². The molecular weight excluding hydrogens is 361 g/mol. The first kappa shape index (κ1) is 18.7. The zero-order valence-electron chi connectivity index (χ0n) is 13.6. The molecule has 0 spiro atoms. The van der Waals surface area contributed by atoms with Crippen molar-refractivity contribution in [2.75, 3.05) is 17.7 Å². The molecule has 0 aliphatic carbocycles. The first-order valence-corrected chi connectivity index (χ1v) is 7.98. The van der Waals surface area contributed by atoms with E-state index in [4.69, 9.17) is 27.9 Å². The summed E-state index contributed by atoms with van der Waals surface area (Å²) in [5.41, 5.74) is 1.79. The van der Waals surface area contributed by atoms with Gasteiger partial charge in [-0.05, 0) is 36.8 Å². The number of ether oxygens (including phenoxy) is 1. The minimum atomic E-state index is -0.572. The van der Waals surface area contributed by atoms with Gasteiger partial charge in [-0.3, -0.25) is 4.79 Å². The van der Waals surface area contributed by atoms with Gasteiger partial charge in [-0.2, -0.15) is 5.26 Å². The number of nitrogens with zero attached hydrogens (tertiary/aromatic N) is 1. The molecule has 0 aliphatic rings. The van der Waals surface area contributed by atoms with Gasteiger partial charge in [0.25, 0.3) is 5.91 Å². The van der Waals surface area contributed by atoms with E-state index in [1.54, 1.807) is 30.3 Å². The number of benzene rings is 2. The third kappa shape index (κ3) is 4.66. The van der Waals surface area contributed by atoms with Crippen molar-refractivity contribution in [3.05, 3.63) is 63.8 Å². The van der Waals surface area contributed by atoms with Crippen LogP contribution < -0.4 is 15.4 Å². The zero-order valence-corrected chi connectivity index (χ0v) is 15.1. The van der Waals surface area contributed by atoms with Crippen molar-refractivity contribution in [1.82, 2.24) is 0 Å². The van der Waals surface area contributed by atoms with Crippen LogP contribution in [-0.2, 0) is 4.79 Å². The van der Waals surface area contributed by atoms with E-state index in [-0.39, 0.29) is 5.57 Å². The van der Waals surface area contributed by atoms with Crippen molar-refractivity contribution in [3.63, 3.8) is 0 Å². The lowest BCUT2D eigenvalue weighted by Gasteiger charge is -2.11. The maximum atomic E-state index is 12.3. The van der Waals surface area contributed by atoms with E-state index in [0.717, 1.165) is 5.56 Å². The van der Waals surface area contributed by atoms with Crippen LogP contribution >= 0.6 is 23.2 Å². The maximum Gasteiger partial charge on any atom is 0.267 e. The van der Waals surface area contributed by atoms with E-state index in [9.17, 15) is 10.1 Å². The summed E-state index contributed by atoms with van der Waals surface area (Å²) in [5, 5.41) is 15.4. The highest BCUT2D eigenvalue weighted by Gasteiger charge is 2.13. The second-order valence-corrected chi connectivity index (χ2v) is 5.86. The van der Waals surface area contributed by atoms with Gasteiger partial charge in [-0.25, -0.2) is 0 Å². The number of amides is 1. The number of carbonyl (C=O) groups excluding carboxylic acids is 1. The molecular formula is C18H15Cl2N3O2. The molecule has 1 amide bonds. The molecule has 0 heterocycles. The van der Waals surface area contributed by atoms with Gasteiger partial charge in [0.05, 0.1) is 28.5 Å². The van der Waals surface area contributed by atoms with Crippen LogP contribution in [0.5, 0.6) is 5.75 Å². The molecule has 0 aromatic heterocycles. The van der Waals surface area contributed by atoms with Crippen molar-refractivity contribution in [3.8, 4) is 11.8 Å². The predicted octanol–water partition coefficient (Wildman–Crippen LogP) is 4.77. The Hall–Kier alpha value is -2.68. The molecule has 2 aromatic rings. The highest BCUT2D eigenvalue weighted by atomic mass is 35.5. The fraction of sp³-hybridized carbons (Fsp3) is 0.111. The van der Waals surface area contributed by atoms with Crippen LogP contribution in [0.3, 0.4) is 0 Å². The van der Waals surface area contributed by atoms with E-state index in [1.165, 1.54) is 13.3 Å². The third-order valence-electron chi connectivity index (χ3n) is 3.29. The van der Waals surface area contributed by atoms with E-state index in [0.29, 0.717) is 27.2 Å². The van der Waals surface area contributed by atoms with Crippen molar-refractivity contribution in [2.24, 2.45) is 0 Å². The molecule has 0 atom stereocenters. The number of nitrogens with one attached hydrogen (secondary N) is 2. The largest absolute Gasteiger partial charge is 0.495 e. The Morgan fingerprint density at radius 1 is 1.24 bits per heavy atom. The monoisotopic (exact) mass is 375 g/mol. The predicted molar refractivity (Wildman–Crippen MR) is 100 cm³/mol. The average molecular weight is 376 g/mol. The van der Waals surface area contributed by atoms with Crippen molar-refractivity contribution in [1.29, 1.82) is 5.26 Å². The van der Waals surface area contributed by atoms with Crippen LogP contribution in [0.4, 0.5) is 11.4 Å². The number of nitriles is 1. The summed E-state index contributed by atoms with van der Waals surface area (Å²) in [6, 6.07) is 12.2. The first-order chi connectivity index (χ1) is 12.0. The third-order valence-corrected chi connectivity index (χ3v) is 4.11. The Kier molecular flexibility index (Phi) is 6.29. The highest BCUT2D eigenvalue weighted by Crippen LogP contribution is 2.30. The number of rotatable bonds is 5. The molecule has 128 valence electrons. The van der Waals surface area contributed by atoms with Crippen molar-refractivity contribution >= 4 is 40.5 Å². The molecule has 0 bridgehead atoms. The molecule has 0 fully saturated rings. The molecule has 0 saturated carbocycles. The lowest BCUT2D eigenvalue weighted by Crippen LogP contribution is -2.15. The number of aryl methyl sites for hydroxylation is 1. The van der Waals surface area contributed by atoms with E-state index in [2.05, 4.69) is 10.6 Å². The summed E-state index contributed by atoms with van der Waals surface area (Å²) in [6.07, 6.45) is 1.27. The summed E-state index contributed by atoms with van der Waals surface area (Å²) in [4.78, 5) is 12.3. The fourth-order valence-electron chi connectivity index (χ4n) is 2.02. The molecule has 2 N–H and O–H groups in total. The number of hydrogen-bond acceptors (Lipinski definition) is 4. The zero-order chi connectivity index (χ0) is 18.4. The number of anilines is 2. The quantitative estimate of drug-likeness (QED) is 0.582. The lowest BCUT2D eigenvalue weighted by molar-refractivity contribution is -0.112. The van der Waals surface area contributed by atoms with Crippen LogP contribution in [0.1, 0.15) is 5.56 Å². The minimum absolute atomic E-state index is 0.125. The summed E-state index contributed by atoms with van der Waals surface area (Å²) in [6.45, 7) is 1.89. The normalized spacial score (nSPS) is 10.8. The molecule has 0 unspecified atom stereocenters. The van der Waals surface area contributed by atoms with Gasteiger partial charge >= 0.3 is 0 Å². The minimum Gasteiger partial charge on any atom is -0.495 e. The van der Waals surface area contributed by atoms with E-state index in [1.807, 2.05) is 19.1 Å². The number of hydrogen-bond donors (Lipinski definition) is 2. The molecule has 0 radical (unpaired) electrons. The second kappa shape index (κ2) is 8.43. The average Bonchev–Trinajstić information content (AvgIpc) is 2.59. The summed E-state index contributed by atoms with van der Waals surface area (Å²) >= 11 is 12.0. The standard InChI is InChI=1S/C18H15Cl2N3O2/c1-11-6-7-16(25-2)15(8-11)23-18(24)12(9-21)10-22-14-5-3-4-13(19)17(14)20/h3-8,10,22H,1-2H3,(H,23,24)/b12-10-. The number of carbonyl (C=O) groups is 1. The van der Waals surface area contributed by atoms with Crippen molar-refractivity contribution in [2.45, 2.75) is 6.92 Å². The molecule has 5 nitrogen and oxygen atoms in total. The topological polar surface area (TPSA) is 74.1 Å². The number of methoxy groups -OCH3 is 1. The Morgan fingerprint density at radius 3 is 2.68 bits per heavy atom. The van der Waals surface area contributed by atoms with Gasteiger partial charge in [0.15, 0.2) is 0 Å². The molecule has 2 aromatic carbocycles. The smallest absolute Gasteiger partial charge is 0.267 e. The molecule has 25 heavy (non-hydrogen) atoms. The fourth-order valence-corrected chi connectivity index (χ4v) is 2.38. The molecule has 2 rings (SSSR count). The Labute approximate surface area is 155 Å². The van der Waals surface area contributed by atoms with Crippen LogP contribution in [0.15, 0.2) is 48.2 Å². The van der Waals surface area contributed by atoms with Gasteiger partial charge in [0, 0.05) is 6.20 Å². The number of halogens is 2. The van der Waals surface area contributed by atoms with Crippen LogP contribution in [0, 0.1) is 18.3 Å². The van der Waals surface area contributed by atoms with Crippen LogP contribution in [-0.4, -0.2) is 13.0 Å². The van der Waals surface area contributed by atoms with Crippen LogP contribution in [0.2, 0.25) is 10.0 Å². The maximum absolute atomic E-state index is 12.3. The summed E-state index contributed by atoms with van der Waals surface area (Å²) < 4.78 is 5.21. The van der Waals surface area contributed by atoms with Gasteiger partial charge in [0.1, 0.15) is 17.4 Å². The SMILES string of the molecule is COc1ccc(C)cc1NC(=O)/C(C#N)=C\Nc1cccc(Cl)c1Cl. The summed E-state index contributed by atoms with van der Waals surface area (Å²) in [7, 11) is 1.50. The Morgan fingerprint density at radius 2 is 2.00 bits per heavy atom. The van der Waals surface area contributed by atoms with Crippen LogP contribution in [0.25, 0.3) is 0 Å². The summed E-state index contributed by atoms with van der Waals surface area (Å²) in [5.74, 6) is -0.0702. The van der Waals surface area contributed by atoms with Gasteiger partial charge in [-0.15, -0.1) is 0 Å². The Balaban J connectivity index is 2.20. The van der Waals surface area contributed by atoms with E-state index >= 15 is 0 Å². The van der Waals surface area contributed by atoms with Gasteiger partial charge < -0.3 is 15.4 Å². The highest BCUT2D eigenvalue weighted by molar-refractivity contribution is 6.43. The Bertz CT molecular complexity index is 873. The van der Waals surface area contributed by atoms with Crippen molar-refractivity contribution < 1.29 is 9.53 Å².